The Morgan fingerprint density at radius 2 is 2.00 bits per heavy atom. The number of benzene rings is 2. The summed E-state index contributed by atoms with van der Waals surface area (Å²) in [6.45, 7) is 2.64. The van der Waals surface area contributed by atoms with Crippen molar-refractivity contribution in [3.8, 4) is 0 Å². The van der Waals surface area contributed by atoms with Crippen LogP contribution < -0.4 is 10.6 Å². The summed E-state index contributed by atoms with van der Waals surface area (Å²) in [4.78, 5) is 15.8. The monoisotopic (exact) mass is 284 g/mol. The second-order valence-corrected chi connectivity index (χ2v) is 5.95. The number of fused-ring (bicyclic) bond motifs is 1. The average Bonchev–Trinajstić information content (AvgIpc) is 2.49. The third-order valence-corrected chi connectivity index (χ3v) is 4.57. The quantitative estimate of drug-likeness (QED) is 0.817. The molecule has 0 unspecified atom stereocenters. The summed E-state index contributed by atoms with van der Waals surface area (Å²) in [5.41, 5.74) is 9.15. The highest BCUT2D eigenvalue weighted by molar-refractivity contribution is 7.99. The van der Waals surface area contributed by atoms with Gasteiger partial charge >= 0.3 is 0 Å². The lowest BCUT2D eigenvalue weighted by Gasteiger charge is -2.29. The van der Waals surface area contributed by atoms with Crippen LogP contribution in [0.2, 0.25) is 0 Å². The number of para-hydroxylation sites is 2. The highest BCUT2D eigenvalue weighted by Gasteiger charge is 2.25. The van der Waals surface area contributed by atoms with E-state index in [1.165, 1.54) is 0 Å². The Kier molecular flexibility index (Phi) is 3.40. The third kappa shape index (κ3) is 2.16. The SMILES string of the molecule is Cc1cccc(C(=O)N2CCSc3ccccc32)c1N. The van der Waals surface area contributed by atoms with Crippen LogP contribution in [0.1, 0.15) is 15.9 Å². The fourth-order valence-electron chi connectivity index (χ4n) is 2.39. The molecule has 0 fully saturated rings. The van der Waals surface area contributed by atoms with E-state index < -0.39 is 0 Å². The average molecular weight is 284 g/mol. The molecule has 0 aromatic heterocycles. The van der Waals surface area contributed by atoms with Crippen molar-refractivity contribution in [3.63, 3.8) is 0 Å². The molecule has 0 aliphatic carbocycles. The molecule has 0 bridgehead atoms. The number of rotatable bonds is 1. The van der Waals surface area contributed by atoms with Crippen molar-refractivity contribution in [2.45, 2.75) is 11.8 Å². The summed E-state index contributed by atoms with van der Waals surface area (Å²) in [7, 11) is 0. The van der Waals surface area contributed by atoms with Crippen LogP contribution in [0, 0.1) is 6.92 Å². The number of anilines is 2. The van der Waals surface area contributed by atoms with Crippen molar-refractivity contribution in [1.82, 2.24) is 0 Å². The fourth-order valence-corrected chi connectivity index (χ4v) is 3.39. The number of hydrogen-bond donors (Lipinski definition) is 1. The first kappa shape index (κ1) is 13.1. The number of carbonyl (C=O) groups is 1. The van der Waals surface area contributed by atoms with Gasteiger partial charge in [-0.05, 0) is 30.7 Å². The first-order valence-corrected chi connectivity index (χ1v) is 7.56. The first-order chi connectivity index (χ1) is 9.68. The van der Waals surface area contributed by atoms with Gasteiger partial charge in [-0.1, -0.05) is 24.3 Å². The van der Waals surface area contributed by atoms with E-state index in [4.69, 9.17) is 5.73 Å². The molecule has 1 amide bonds. The van der Waals surface area contributed by atoms with Gasteiger partial charge in [-0.2, -0.15) is 0 Å². The predicted molar refractivity (Wildman–Crippen MR) is 84.4 cm³/mol. The molecule has 2 N–H and O–H groups in total. The molecule has 102 valence electrons. The minimum absolute atomic E-state index is 0.0149. The van der Waals surface area contributed by atoms with Gasteiger partial charge in [-0.3, -0.25) is 4.79 Å². The van der Waals surface area contributed by atoms with Crippen molar-refractivity contribution >= 4 is 29.0 Å². The number of nitrogen functional groups attached to an aromatic ring is 1. The summed E-state index contributed by atoms with van der Waals surface area (Å²) in [6.07, 6.45) is 0. The van der Waals surface area contributed by atoms with Crippen LogP contribution in [0.4, 0.5) is 11.4 Å². The fraction of sp³-hybridized carbons (Fsp3) is 0.188. The zero-order valence-electron chi connectivity index (χ0n) is 11.3. The van der Waals surface area contributed by atoms with Gasteiger partial charge in [-0.25, -0.2) is 0 Å². The number of amides is 1. The lowest BCUT2D eigenvalue weighted by molar-refractivity contribution is 0.0988. The number of aryl methyl sites for hydroxylation is 1. The van der Waals surface area contributed by atoms with Gasteiger partial charge < -0.3 is 10.6 Å². The largest absolute Gasteiger partial charge is 0.398 e. The summed E-state index contributed by atoms with van der Waals surface area (Å²) in [5, 5.41) is 0. The van der Waals surface area contributed by atoms with Gasteiger partial charge in [0.2, 0.25) is 0 Å². The van der Waals surface area contributed by atoms with E-state index in [0.717, 1.165) is 21.9 Å². The van der Waals surface area contributed by atoms with Gasteiger partial charge in [0.05, 0.1) is 11.3 Å². The lowest BCUT2D eigenvalue weighted by atomic mass is 10.1. The van der Waals surface area contributed by atoms with E-state index in [2.05, 4.69) is 6.07 Å². The van der Waals surface area contributed by atoms with Gasteiger partial charge in [0, 0.05) is 22.9 Å². The maximum absolute atomic E-state index is 12.8. The van der Waals surface area contributed by atoms with Crippen LogP contribution in [-0.2, 0) is 0 Å². The normalized spacial score (nSPS) is 13.9. The van der Waals surface area contributed by atoms with Crippen LogP contribution in [0.3, 0.4) is 0 Å². The summed E-state index contributed by atoms with van der Waals surface area (Å²) in [6, 6.07) is 13.6. The predicted octanol–water partition coefficient (Wildman–Crippen LogP) is 3.33. The van der Waals surface area contributed by atoms with Crippen molar-refractivity contribution in [2.24, 2.45) is 0 Å². The molecular formula is C16H16N2OS. The number of nitrogens with zero attached hydrogens (tertiary/aromatic N) is 1. The molecule has 1 heterocycles. The smallest absolute Gasteiger partial charge is 0.260 e. The Balaban J connectivity index is 2.02. The second-order valence-electron chi connectivity index (χ2n) is 4.81. The number of nitrogens with two attached hydrogens (primary N) is 1. The molecule has 1 aliphatic heterocycles. The third-order valence-electron chi connectivity index (χ3n) is 3.53. The van der Waals surface area contributed by atoms with E-state index in [0.29, 0.717) is 17.8 Å². The highest BCUT2D eigenvalue weighted by atomic mass is 32.2. The molecule has 0 radical (unpaired) electrons. The molecule has 0 saturated carbocycles. The van der Waals surface area contributed by atoms with E-state index in [-0.39, 0.29) is 5.91 Å². The van der Waals surface area contributed by atoms with Crippen LogP contribution in [0.15, 0.2) is 47.4 Å². The number of hydrogen-bond acceptors (Lipinski definition) is 3. The zero-order chi connectivity index (χ0) is 14.1. The van der Waals surface area contributed by atoms with E-state index >= 15 is 0 Å². The Bertz CT molecular complexity index is 669. The number of carbonyl (C=O) groups excluding carboxylic acids is 1. The summed E-state index contributed by atoms with van der Waals surface area (Å²) < 4.78 is 0. The van der Waals surface area contributed by atoms with Crippen LogP contribution >= 0.6 is 11.8 Å². The molecule has 0 saturated heterocycles. The summed E-state index contributed by atoms with van der Waals surface area (Å²) >= 11 is 1.79. The van der Waals surface area contributed by atoms with Gasteiger partial charge in [0.25, 0.3) is 5.91 Å². The standard InChI is InChI=1S/C16H16N2OS/c1-11-5-4-6-12(15(11)17)16(19)18-9-10-20-14-8-3-2-7-13(14)18/h2-8H,9-10,17H2,1H3. The van der Waals surface area contributed by atoms with Crippen molar-refractivity contribution in [1.29, 1.82) is 0 Å². The minimum Gasteiger partial charge on any atom is -0.398 e. The van der Waals surface area contributed by atoms with Crippen LogP contribution in [0.5, 0.6) is 0 Å². The summed E-state index contributed by atoms with van der Waals surface area (Å²) in [5.74, 6) is 0.896. The Morgan fingerprint density at radius 1 is 1.20 bits per heavy atom. The maximum atomic E-state index is 12.8. The molecule has 4 heteroatoms. The van der Waals surface area contributed by atoms with Gasteiger partial charge in [-0.15, -0.1) is 11.8 Å². The Labute approximate surface area is 122 Å². The molecule has 2 aromatic rings. The molecule has 20 heavy (non-hydrogen) atoms. The van der Waals surface area contributed by atoms with Crippen molar-refractivity contribution < 1.29 is 4.79 Å². The Hall–Kier alpha value is -1.94. The molecule has 3 nitrogen and oxygen atoms in total. The van der Waals surface area contributed by atoms with Crippen molar-refractivity contribution in [2.75, 3.05) is 22.9 Å². The van der Waals surface area contributed by atoms with E-state index in [1.807, 2.05) is 42.2 Å². The van der Waals surface area contributed by atoms with Crippen LogP contribution in [-0.4, -0.2) is 18.2 Å². The van der Waals surface area contributed by atoms with E-state index in [9.17, 15) is 4.79 Å². The molecule has 1 aliphatic rings. The molecular weight excluding hydrogens is 268 g/mol. The van der Waals surface area contributed by atoms with Gasteiger partial charge in [0.15, 0.2) is 0 Å². The lowest BCUT2D eigenvalue weighted by Crippen LogP contribution is -2.35. The minimum atomic E-state index is -0.0149. The highest BCUT2D eigenvalue weighted by Crippen LogP contribution is 2.35. The first-order valence-electron chi connectivity index (χ1n) is 6.57. The molecule has 0 atom stereocenters. The molecule has 2 aromatic carbocycles. The van der Waals surface area contributed by atoms with Gasteiger partial charge in [0.1, 0.15) is 0 Å². The number of thioether (sulfide) groups is 1. The second kappa shape index (κ2) is 5.21. The topological polar surface area (TPSA) is 46.3 Å². The van der Waals surface area contributed by atoms with E-state index in [1.54, 1.807) is 17.8 Å². The maximum Gasteiger partial charge on any atom is 0.260 e. The molecule has 3 rings (SSSR count). The zero-order valence-corrected chi connectivity index (χ0v) is 12.1. The molecule has 0 spiro atoms. The van der Waals surface area contributed by atoms with Crippen molar-refractivity contribution in [3.05, 3.63) is 53.6 Å². The Morgan fingerprint density at radius 3 is 2.85 bits per heavy atom. The van der Waals surface area contributed by atoms with Crippen LogP contribution in [0.25, 0.3) is 0 Å².